The van der Waals surface area contributed by atoms with Gasteiger partial charge in [0.15, 0.2) is 0 Å². The maximum absolute atomic E-state index is 12.4. The van der Waals surface area contributed by atoms with Crippen LogP contribution in [0.4, 0.5) is 0 Å². The molecule has 9 nitrogen and oxygen atoms in total. The van der Waals surface area contributed by atoms with Gasteiger partial charge in [0.2, 0.25) is 11.8 Å². The largest absolute Gasteiger partial charge is 0.465 e. The van der Waals surface area contributed by atoms with Gasteiger partial charge in [0, 0.05) is 12.6 Å². The van der Waals surface area contributed by atoms with Crippen LogP contribution in [-0.4, -0.2) is 51.3 Å². The number of nitrogens with zero attached hydrogens (tertiary/aromatic N) is 3. The van der Waals surface area contributed by atoms with Crippen LogP contribution in [0.5, 0.6) is 0 Å². The number of hydrogen-bond donors (Lipinski definition) is 1. The summed E-state index contributed by atoms with van der Waals surface area (Å²) in [5.41, 5.74) is 1.13. The summed E-state index contributed by atoms with van der Waals surface area (Å²) in [6.45, 7) is 6.76. The minimum atomic E-state index is -0.591. The molecule has 1 aromatic rings. The third-order valence-corrected chi connectivity index (χ3v) is 3.77. The number of amides is 3. The van der Waals surface area contributed by atoms with Crippen molar-refractivity contribution in [3.63, 3.8) is 0 Å². The molecule has 1 fully saturated rings. The molecule has 0 aromatic carbocycles. The summed E-state index contributed by atoms with van der Waals surface area (Å²) >= 11 is 0. The van der Waals surface area contributed by atoms with Crippen LogP contribution in [-0.2, 0) is 30.5 Å². The maximum Gasteiger partial charge on any atom is 0.325 e. The molecule has 1 N–H and O–H groups in total. The molecule has 2 heterocycles. The van der Waals surface area contributed by atoms with Gasteiger partial charge in [0.05, 0.1) is 18.6 Å². The number of hydrogen-bond acceptors (Lipinski definition) is 6. The molecule has 1 saturated heterocycles. The summed E-state index contributed by atoms with van der Waals surface area (Å²) in [6.07, 6.45) is 2.91. The number of piperazine rings is 1. The van der Waals surface area contributed by atoms with Crippen LogP contribution < -0.4 is 5.32 Å². The molecule has 0 unspecified atom stereocenters. The zero-order valence-corrected chi connectivity index (χ0v) is 15.2. The summed E-state index contributed by atoms with van der Waals surface area (Å²) in [4.78, 5) is 52.6. The highest BCUT2D eigenvalue weighted by Gasteiger charge is 2.31. The Morgan fingerprint density at radius 1 is 1.38 bits per heavy atom. The number of imide groups is 1. The highest BCUT2D eigenvalue weighted by atomic mass is 16.5. The Hall–Kier alpha value is -2.97. The van der Waals surface area contributed by atoms with Crippen molar-refractivity contribution in [2.45, 2.75) is 40.2 Å². The topological polar surface area (TPSA) is 111 Å². The lowest BCUT2D eigenvalue weighted by atomic mass is 10.1. The molecule has 26 heavy (non-hydrogen) atoms. The molecule has 0 radical (unpaired) electrons. The van der Waals surface area contributed by atoms with Gasteiger partial charge in [-0.1, -0.05) is 13.8 Å². The van der Waals surface area contributed by atoms with Gasteiger partial charge in [0.25, 0.3) is 5.91 Å². The Morgan fingerprint density at radius 2 is 2.08 bits per heavy atom. The lowest BCUT2D eigenvalue weighted by Gasteiger charge is -2.25. The van der Waals surface area contributed by atoms with E-state index in [9.17, 15) is 19.2 Å². The molecule has 1 aliphatic heterocycles. The second-order valence-electron chi connectivity index (χ2n) is 6.12. The summed E-state index contributed by atoms with van der Waals surface area (Å²) in [7, 11) is 0. The minimum Gasteiger partial charge on any atom is -0.465 e. The fourth-order valence-corrected chi connectivity index (χ4v) is 2.71. The van der Waals surface area contributed by atoms with E-state index in [0.717, 1.165) is 4.90 Å². The zero-order chi connectivity index (χ0) is 19.4. The smallest absolute Gasteiger partial charge is 0.325 e. The fourth-order valence-electron chi connectivity index (χ4n) is 2.71. The van der Waals surface area contributed by atoms with E-state index in [0.29, 0.717) is 11.4 Å². The van der Waals surface area contributed by atoms with E-state index in [2.05, 4.69) is 10.3 Å². The predicted molar refractivity (Wildman–Crippen MR) is 91.5 cm³/mol. The van der Waals surface area contributed by atoms with Gasteiger partial charge in [-0.25, -0.2) is 4.98 Å². The van der Waals surface area contributed by atoms with Crippen LogP contribution in [0.2, 0.25) is 0 Å². The summed E-state index contributed by atoms with van der Waals surface area (Å²) in [6, 6.07) is 0. The highest BCUT2D eigenvalue weighted by Crippen LogP contribution is 2.22. The third-order valence-electron chi connectivity index (χ3n) is 3.77. The van der Waals surface area contributed by atoms with Crippen LogP contribution in [0.3, 0.4) is 0 Å². The molecule has 0 aliphatic carbocycles. The van der Waals surface area contributed by atoms with Crippen molar-refractivity contribution in [3.05, 3.63) is 23.4 Å². The summed E-state index contributed by atoms with van der Waals surface area (Å²) in [5, 5.41) is 2.47. The quantitative estimate of drug-likeness (QED) is 0.600. The Balaban J connectivity index is 2.38. The molecule has 0 spiro atoms. The monoisotopic (exact) mass is 362 g/mol. The summed E-state index contributed by atoms with van der Waals surface area (Å²) in [5.74, 6) is -1.95. The first-order valence-electron chi connectivity index (χ1n) is 8.29. The van der Waals surface area contributed by atoms with Gasteiger partial charge < -0.3 is 14.6 Å². The van der Waals surface area contributed by atoms with Gasteiger partial charge in [-0.15, -0.1) is 0 Å². The van der Waals surface area contributed by atoms with Crippen LogP contribution in [0.25, 0.3) is 6.08 Å². The Bertz CT molecular complexity index is 778. The average Bonchev–Trinajstić information content (AvgIpc) is 2.92. The number of ether oxygens (including phenoxy) is 1. The number of carbonyl (C=O) groups excluding carboxylic acids is 4. The average molecular weight is 362 g/mol. The molecule has 1 aromatic heterocycles. The molecule has 2 rings (SSSR count). The first-order chi connectivity index (χ1) is 12.2. The Labute approximate surface area is 151 Å². The molecule has 0 saturated carbocycles. The van der Waals surface area contributed by atoms with Gasteiger partial charge in [-0.3, -0.25) is 24.1 Å². The second kappa shape index (κ2) is 7.94. The minimum absolute atomic E-state index is 0.00258. The van der Waals surface area contributed by atoms with Crippen molar-refractivity contribution in [2.24, 2.45) is 0 Å². The normalized spacial score (nSPS) is 16.2. The van der Waals surface area contributed by atoms with Crippen molar-refractivity contribution >= 4 is 29.8 Å². The number of nitrogens with one attached hydrogen (secondary N) is 1. The van der Waals surface area contributed by atoms with Gasteiger partial charge in [-0.05, 0) is 18.9 Å². The molecule has 0 atom stereocenters. The predicted octanol–water partition coefficient (Wildman–Crippen LogP) is 0.415. The molecular formula is C17H22N4O5. The standard InChI is InChI=1S/C17H22N4O5/c1-5-26-15(24)8-20-9-18-12(16(20)10(2)3)6-13-17(25)21(11(4)22)7-14(23)19-13/h6,9-10H,5,7-8H2,1-4H3,(H,19,23)/b13-6-. The SMILES string of the molecule is CCOC(=O)Cn1cnc(/C=C2\NC(=O)CN(C(C)=O)C2=O)c1C(C)C. The van der Waals surface area contributed by atoms with E-state index in [1.54, 1.807) is 11.5 Å². The third kappa shape index (κ3) is 4.16. The van der Waals surface area contributed by atoms with Crippen LogP contribution in [0.15, 0.2) is 12.0 Å². The lowest BCUT2D eigenvalue weighted by Crippen LogP contribution is -2.51. The van der Waals surface area contributed by atoms with E-state index in [1.807, 2.05) is 13.8 Å². The molecule has 9 heteroatoms. The lowest BCUT2D eigenvalue weighted by molar-refractivity contribution is -0.147. The van der Waals surface area contributed by atoms with E-state index >= 15 is 0 Å². The number of aromatic nitrogens is 2. The first kappa shape index (κ1) is 19.4. The Kier molecular flexibility index (Phi) is 5.91. The van der Waals surface area contributed by atoms with Crippen molar-refractivity contribution < 1.29 is 23.9 Å². The van der Waals surface area contributed by atoms with E-state index in [4.69, 9.17) is 4.74 Å². The van der Waals surface area contributed by atoms with Crippen molar-refractivity contribution in [1.29, 1.82) is 0 Å². The van der Waals surface area contributed by atoms with Crippen LogP contribution >= 0.6 is 0 Å². The number of rotatable bonds is 5. The molecule has 140 valence electrons. The van der Waals surface area contributed by atoms with Crippen molar-refractivity contribution in [3.8, 4) is 0 Å². The summed E-state index contributed by atoms with van der Waals surface area (Å²) < 4.78 is 6.60. The Morgan fingerprint density at radius 3 is 2.65 bits per heavy atom. The number of esters is 1. The molecule has 0 bridgehead atoms. The highest BCUT2D eigenvalue weighted by molar-refractivity contribution is 6.12. The van der Waals surface area contributed by atoms with E-state index in [-0.39, 0.29) is 31.3 Å². The molecule has 1 aliphatic rings. The zero-order valence-electron chi connectivity index (χ0n) is 15.2. The number of carbonyl (C=O) groups is 4. The fraction of sp³-hybridized carbons (Fsp3) is 0.471. The second-order valence-corrected chi connectivity index (χ2v) is 6.12. The number of imidazole rings is 1. The molecule has 3 amide bonds. The van der Waals surface area contributed by atoms with Crippen molar-refractivity contribution in [1.82, 2.24) is 19.8 Å². The van der Waals surface area contributed by atoms with Gasteiger partial charge in [0.1, 0.15) is 18.8 Å². The maximum atomic E-state index is 12.4. The van der Waals surface area contributed by atoms with Gasteiger partial charge in [-0.2, -0.15) is 0 Å². The van der Waals surface area contributed by atoms with E-state index in [1.165, 1.54) is 19.3 Å². The van der Waals surface area contributed by atoms with Gasteiger partial charge >= 0.3 is 5.97 Å². The van der Waals surface area contributed by atoms with E-state index < -0.39 is 23.7 Å². The van der Waals surface area contributed by atoms with Crippen LogP contribution in [0, 0.1) is 0 Å². The first-order valence-corrected chi connectivity index (χ1v) is 8.29. The molecular weight excluding hydrogens is 340 g/mol. The van der Waals surface area contributed by atoms with Crippen molar-refractivity contribution in [2.75, 3.05) is 13.2 Å². The van der Waals surface area contributed by atoms with Crippen LogP contribution in [0.1, 0.15) is 45.0 Å².